The highest BCUT2D eigenvalue weighted by Crippen LogP contribution is 2.36. The molecule has 3 rings (SSSR count). The fourth-order valence-corrected chi connectivity index (χ4v) is 4.15. The van der Waals surface area contributed by atoms with Gasteiger partial charge in [-0.3, -0.25) is 9.48 Å². The van der Waals surface area contributed by atoms with E-state index < -0.39 is 0 Å². The highest BCUT2D eigenvalue weighted by atomic mass is 32.2. The SMILES string of the molecule is COc1nn(C)cc1C(=O)N1CCSC(c2ccccc2F)CC1. The zero-order chi connectivity index (χ0) is 17.1. The summed E-state index contributed by atoms with van der Waals surface area (Å²) < 4.78 is 20.8. The van der Waals surface area contributed by atoms with Gasteiger partial charge >= 0.3 is 0 Å². The maximum atomic E-state index is 14.0. The molecule has 1 aliphatic rings. The second-order valence-electron chi connectivity index (χ2n) is 5.69. The lowest BCUT2D eigenvalue weighted by molar-refractivity contribution is 0.0763. The molecule has 1 saturated heterocycles. The first-order valence-corrected chi connectivity index (χ1v) is 8.88. The lowest BCUT2D eigenvalue weighted by Crippen LogP contribution is -2.33. The molecule has 0 radical (unpaired) electrons. The summed E-state index contributed by atoms with van der Waals surface area (Å²) >= 11 is 1.70. The van der Waals surface area contributed by atoms with E-state index in [1.54, 1.807) is 40.7 Å². The van der Waals surface area contributed by atoms with Gasteiger partial charge in [0.2, 0.25) is 5.88 Å². The Morgan fingerprint density at radius 1 is 1.38 bits per heavy atom. The van der Waals surface area contributed by atoms with Crippen molar-refractivity contribution in [1.82, 2.24) is 14.7 Å². The molecule has 24 heavy (non-hydrogen) atoms. The van der Waals surface area contributed by atoms with Crippen molar-refractivity contribution in [2.75, 3.05) is 26.0 Å². The van der Waals surface area contributed by atoms with Crippen LogP contribution in [0.3, 0.4) is 0 Å². The zero-order valence-electron chi connectivity index (χ0n) is 13.7. The molecular weight excluding hydrogens is 329 g/mol. The van der Waals surface area contributed by atoms with Crippen LogP contribution in [0.1, 0.15) is 27.6 Å². The first-order valence-electron chi connectivity index (χ1n) is 7.83. The second kappa shape index (κ2) is 7.25. The van der Waals surface area contributed by atoms with Crippen molar-refractivity contribution >= 4 is 17.7 Å². The molecule has 1 aromatic carbocycles. The van der Waals surface area contributed by atoms with Crippen molar-refractivity contribution in [3.05, 3.63) is 47.4 Å². The summed E-state index contributed by atoms with van der Waals surface area (Å²) in [4.78, 5) is 14.6. The van der Waals surface area contributed by atoms with Gasteiger partial charge in [0.05, 0.1) is 7.11 Å². The minimum absolute atomic E-state index is 0.0693. The number of amides is 1. The van der Waals surface area contributed by atoms with Crippen LogP contribution in [-0.4, -0.2) is 46.5 Å². The first-order chi connectivity index (χ1) is 11.6. The molecule has 5 nitrogen and oxygen atoms in total. The standard InChI is InChI=1S/C17H20FN3O2S/c1-20-11-13(16(19-20)23-2)17(22)21-8-7-15(24-10-9-21)12-5-3-4-6-14(12)18/h3-6,11,15H,7-10H2,1-2H3. The maximum absolute atomic E-state index is 14.0. The number of aryl methyl sites for hydroxylation is 1. The number of benzene rings is 1. The minimum atomic E-state index is -0.177. The van der Waals surface area contributed by atoms with Gasteiger partial charge < -0.3 is 9.64 Å². The van der Waals surface area contributed by atoms with Crippen LogP contribution in [0.2, 0.25) is 0 Å². The minimum Gasteiger partial charge on any atom is -0.479 e. The fraction of sp³-hybridized carbons (Fsp3) is 0.412. The molecule has 7 heteroatoms. The third-order valence-electron chi connectivity index (χ3n) is 4.10. The molecule has 0 aliphatic carbocycles. The number of rotatable bonds is 3. The summed E-state index contributed by atoms with van der Waals surface area (Å²) in [7, 11) is 3.26. The summed E-state index contributed by atoms with van der Waals surface area (Å²) in [6.07, 6.45) is 2.40. The van der Waals surface area contributed by atoms with Gasteiger partial charge in [0.1, 0.15) is 11.4 Å². The highest BCUT2D eigenvalue weighted by molar-refractivity contribution is 7.99. The molecule has 0 saturated carbocycles. The molecule has 0 N–H and O–H groups in total. The van der Waals surface area contributed by atoms with Gasteiger partial charge in [0, 0.05) is 42.9 Å². The molecule has 1 atom stereocenters. The van der Waals surface area contributed by atoms with Crippen LogP contribution in [0.5, 0.6) is 5.88 Å². The van der Waals surface area contributed by atoms with Gasteiger partial charge in [0.25, 0.3) is 5.91 Å². The summed E-state index contributed by atoms with van der Waals surface area (Å²) in [6, 6.07) is 6.87. The molecule has 1 aromatic heterocycles. The topological polar surface area (TPSA) is 47.4 Å². The van der Waals surface area contributed by atoms with Crippen molar-refractivity contribution in [1.29, 1.82) is 0 Å². The van der Waals surface area contributed by atoms with Crippen molar-refractivity contribution in [2.45, 2.75) is 11.7 Å². The number of carbonyl (C=O) groups is 1. The number of hydrogen-bond acceptors (Lipinski definition) is 4. The highest BCUT2D eigenvalue weighted by Gasteiger charge is 2.27. The van der Waals surface area contributed by atoms with E-state index in [1.165, 1.54) is 13.2 Å². The average molecular weight is 349 g/mol. The lowest BCUT2D eigenvalue weighted by Gasteiger charge is -2.20. The molecule has 1 aliphatic heterocycles. The van der Waals surface area contributed by atoms with E-state index in [-0.39, 0.29) is 17.0 Å². The summed E-state index contributed by atoms with van der Waals surface area (Å²) in [5, 5.41) is 4.20. The summed E-state index contributed by atoms with van der Waals surface area (Å²) in [6.45, 7) is 1.22. The van der Waals surface area contributed by atoms with E-state index in [0.29, 0.717) is 24.5 Å². The van der Waals surface area contributed by atoms with Crippen LogP contribution in [-0.2, 0) is 7.05 Å². The van der Waals surface area contributed by atoms with E-state index in [9.17, 15) is 9.18 Å². The smallest absolute Gasteiger partial charge is 0.261 e. The Bertz CT molecular complexity index is 734. The van der Waals surface area contributed by atoms with Gasteiger partial charge in [-0.05, 0) is 12.5 Å². The van der Waals surface area contributed by atoms with Crippen LogP contribution in [0.15, 0.2) is 30.5 Å². The molecule has 2 aromatic rings. The molecule has 0 bridgehead atoms. The number of methoxy groups -OCH3 is 1. The van der Waals surface area contributed by atoms with Gasteiger partial charge in [-0.15, -0.1) is 5.10 Å². The second-order valence-corrected chi connectivity index (χ2v) is 7.00. The molecule has 2 heterocycles. The Balaban J connectivity index is 1.73. The number of hydrogen-bond donors (Lipinski definition) is 0. The quantitative estimate of drug-likeness (QED) is 0.855. The molecule has 1 fully saturated rings. The molecule has 1 unspecified atom stereocenters. The van der Waals surface area contributed by atoms with Crippen molar-refractivity contribution in [3.8, 4) is 5.88 Å². The lowest BCUT2D eigenvalue weighted by atomic mass is 10.1. The van der Waals surface area contributed by atoms with Crippen LogP contribution in [0, 0.1) is 5.82 Å². The number of aromatic nitrogens is 2. The summed E-state index contributed by atoms with van der Waals surface area (Å²) in [5.41, 5.74) is 1.19. The van der Waals surface area contributed by atoms with Crippen molar-refractivity contribution < 1.29 is 13.9 Å². The monoisotopic (exact) mass is 349 g/mol. The predicted octanol–water partition coefficient (Wildman–Crippen LogP) is 2.89. The average Bonchev–Trinajstić information content (AvgIpc) is 2.80. The number of thioether (sulfide) groups is 1. The van der Waals surface area contributed by atoms with Gasteiger partial charge in [-0.25, -0.2) is 4.39 Å². The Hall–Kier alpha value is -2.02. The predicted molar refractivity (Wildman–Crippen MR) is 91.9 cm³/mol. The number of halogens is 1. The van der Waals surface area contributed by atoms with Crippen LogP contribution < -0.4 is 4.74 Å². The first kappa shape index (κ1) is 16.8. The van der Waals surface area contributed by atoms with Gasteiger partial charge in [-0.2, -0.15) is 11.8 Å². The van der Waals surface area contributed by atoms with E-state index in [2.05, 4.69) is 5.10 Å². The zero-order valence-corrected chi connectivity index (χ0v) is 14.6. The maximum Gasteiger partial charge on any atom is 0.261 e. The number of ether oxygens (including phenoxy) is 1. The van der Waals surface area contributed by atoms with E-state index >= 15 is 0 Å². The third kappa shape index (κ3) is 3.40. The Morgan fingerprint density at radius 2 is 2.17 bits per heavy atom. The Morgan fingerprint density at radius 3 is 2.92 bits per heavy atom. The summed E-state index contributed by atoms with van der Waals surface area (Å²) in [5.74, 6) is 0.844. The fourth-order valence-electron chi connectivity index (χ4n) is 2.89. The number of carbonyl (C=O) groups excluding carboxylic acids is 1. The van der Waals surface area contributed by atoms with Crippen LogP contribution in [0.25, 0.3) is 0 Å². The molecular formula is C17H20FN3O2S. The van der Waals surface area contributed by atoms with E-state index in [0.717, 1.165) is 17.7 Å². The molecule has 0 spiro atoms. The normalized spacial score (nSPS) is 18.3. The van der Waals surface area contributed by atoms with Crippen molar-refractivity contribution in [2.24, 2.45) is 7.05 Å². The Labute approximate surface area is 144 Å². The van der Waals surface area contributed by atoms with E-state index in [1.807, 2.05) is 12.1 Å². The van der Waals surface area contributed by atoms with Crippen molar-refractivity contribution in [3.63, 3.8) is 0 Å². The molecule has 128 valence electrons. The van der Waals surface area contributed by atoms with Gasteiger partial charge in [0.15, 0.2) is 0 Å². The Kier molecular flexibility index (Phi) is 5.08. The molecule has 1 amide bonds. The van der Waals surface area contributed by atoms with Crippen LogP contribution >= 0.6 is 11.8 Å². The van der Waals surface area contributed by atoms with Gasteiger partial charge in [-0.1, -0.05) is 18.2 Å². The van der Waals surface area contributed by atoms with Crippen LogP contribution in [0.4, 0.5) is 4.39 Å². The third-order valence-corrected chi connectivity index (χ3v) is 5.41. The largest absolute Gasteiger partial charge is 0.479 e. The number of nitrogens with zero attached hydrogens (tertiary/aromatic N) is 3. The van der Waals surface area contributed by atoms with E-state index in [4.69, 9.17) is 4.74 Å².